The second-order valence-electron chi connectivity index (χ2n) is 6.02. The molecule has 2 aromatic heterocycles. The average molecular weight is 338 g/mol. The summed E-state index contributed by atoms with van der Waals surface area (Å²) in [5.74, 6) is 1.62. The number of hydrogen-bond acceptors (Lipinski definition) is 4. The molecule has 5 heteroatoms. The third-order valence-electron chi connectivity index (χ3n) is 4.65. The van der Waals surface area contributed by atoms with E-state index in [1.807, 2.05) is 42.7 Å². The number of thiophene rings is 1. The van der Waals surface area contributed by atoms with Crippen LogP contribution in [0.2, 0.25) is 0 Å². The van der Waals surface area contributed by atoms with Crippen LogP contribution in [0.15, 0.2) is 29.1 Å². The van der Waals surface area contributed by atoms with Gasteiger partial charge in [0.05, 0.1) is 12.5 Å². The number of methoxy groups -OCH3 is 1. The van der Waals surface area contributed by atoms with Gasteiger partial charge in [0, 0.05) is 17.0 Å². The van der Waals surface area contributed by atoms with E-state index >= 15 is 0 Å². The Morgan fingerprint density at radius 3 is 2.88 bits per heavy atom. The molecule has 0 saturated heterocycles. The largest absolute Gasteiger partial charge is 0.496 e. The van der Waals surface area contributed by atoms with Gasteiger partial charge in [-0.25, -0.2) is 4.98 Å². The van der Waals surface area contributed by atoms with Crippen molar-refractivity contribution in [2.45, 2.75) is 26.8 Å². The van der Waals surface area contributed by atoms with Gasteiger partial charge >= 0.3 is 0 Å². The van der Waals surface area contributed by atoms with E-state index in [0.717, 1.165) is 49.8 Å². The van der Waals surface area contributed by atoms with Crippen LogP contribution in [0.4, 0.5) is 0 Å². The van der Waals surface area contributed by atoms with Crippen LogP contribution in [0.3, 0.4) is 0 Å². The molecule has 0 radical (unpaired) electrons. The van der Waals surface area contributed by atoms with Crippen molar-refractivity contribution < 1.29 is 4.74 Å². The Kier molecular flexibility index (Phi) is 3.53. The maximum absolute atomic E-state index is 12.9. The number of aromatic nitrogens is 2. The number of hydrogen-bond donors (Lipinski definition) is 0. The fourth-order valence-electron chi connectivity index (χ4n) is 3.23. The van der Waals surface area contributed by atoms with Crippen molar-refractivity contribution in [1.29, 1.82) is 0 Å². The normalized spacial score (nSPS) is 15.2. The Labute approximate surface area is 144 Å². The highest BCUT2D eigenvalue weighted by Crippen LogP contribution is 2.33. The van der Waals surface area contributed by atoms with Gasteiger partial charge in [0.1, 0.15) is 16.4 Å². The summed E-state index contributed by atoms with van der Waals surface area (Å²) >= 11 is 1.60. The van der Waals surface area contributed by atoms with Crippen LogP contribution < -0.4 is 10.3 Å². The van der Waals surface area contributed by atoms with Gasteiger partial charge in [-0.1, -0.05) is 18.2 Å². The summed E-state index contributed by atoms with van der Waals surface area (Å²) in [4.78, 5) is 19.7. The molecule has 24 heavy (non-hydrogen) atoms. The first-order chi connectivity index (χ1) is 11.6. The smallest absolute Gasteiger partial charge is 0.262 e. The average Bonchev–Trinajstić information content (AvgIpc) is 3.10. The number of ether oxygens (including phenoxy) is 1. The Bertz CT molecular complexity index is 1040. The Hall–Kier alpha value is -2.40. The topological polar surface area (TPSA) is 44.1 Å². The maximum atomic E-state index is 12.9. The van der Waals surface area contributed by atoms with Crippen molar-refractivity contribution in [3.05, 3.63) is 56.4 Å². The first kappa shape index (κ1) is 15.1. The molecule has 122 valence electrons. The number of para-hydroxylation sites is 1. The molecule has 0 N–H and O–H groups in total. The minimum absolute atomic E-state index is 0.0836. The molecule has 0 bridgehead atoms. The number of benzene rings is 1. The van der Waals surface area contributed by atoms with Crippen LogP contribution in [0.5, 0.6) is 5.75 Å². The highest BCUT2D eigenvalue weighted by molar-refractivity contribution is 7.18. The van der Waals surface area contributed by atoms with Crippen LogP contribution in [0.1, 0.15) is 28.2 Å². The number of fused-ring (bicyclic) bond motifs is 2. The molecular formula is C19H18N2O2S. The molecule has 3 aromatic rings. The fourth-order valence-corrected chi connectivity index (χ4v) is 4.25. The zero-order valence-electron chi connectivity index (χ0n) is 13.9. The van der Waals surface area contributed by atoms with E-state index in [1.165, 1.54) is 0 Å². The van der Waals surface area contributed by atoms with Gasteiger partial charge in [-0.2, -0.15) is 0 Å². The lowest BCUT2D eigenvalue weighted by Crippen LogP contribution is -2.20. The molecule has 0 aliphatic carbocycles. The molecule has 1 aromatic carbocycles. The van der Waals surface area contributed by atoms with Crippen molar-refractivity contribution in [1.82, 2.24) is 9.55 Å². The Balaban J connectivity index is 1.92. The van der Waals surface area contributed by atoms with E-state index in [1.54, 1.807) is 18.4 Å². The number of rotatable bonds is 2. The van der Waals surface area contributed by atoms with Gasteiger partial charge in [0.25, 0.3) is 5.56 Å². The van der Waals surface area contributed by atoms with Crippen molar-refractivity contribution in [2.75, 3.05) is 7.11 Å². The maximum Gasteiger partial charge on any atom is 0.262 e. The lowest BCUT2D eigenvalue weighted by atomic mass is 10.1. The highest BCUT2D eigenvalue weighted by atomic mass is 32.1. The van der Waals surface area contributed by atoms with E-state index in [0.29, 0.717) is 6.54 Å². The zero-order valence-corrected chi connectivity index (χ0v) is 14.7. The van der Waals surface area contributed by atoms with Gasteiger partial charge in [-0.15, -0.1) is 11.3 Å². The minimum Gasteiger partial charge on any atom is -0.496 e. The lowest BCUT2D eigenvalue weighted by Gasteiger charge is -2.06. The SMILES string of the molecule is COc1ccccc1/C=C1/CCn2c1nc1sc(C)c(C)c1c2=O. The number of allylic oxidation sites excluding steroid dienone is 1. The molecule has 0 saturated carbocycles. The summed E-state index contributed by atoms with van der Waals surface area (Å²) in [6.45, 7) is 4.74. The van der Waals surface area contributed by atoms with Crippen molar-refractivity contribution >= 4 is 33.2 Å². The third-order valence-corrected chi connectivity index (χ3v) is 5.75. The molecule has 0 spiro atoms. The summed E-state index contributed by atoms with van der Waals surface area (Å²) < 4.78 is 7.23. The second-order valence-corrected chi connectivity index (χ2v) is 7.22. The van der Waals surface area contributed by atoms with E-state index in [9.17, 15) is 4.79 Å². The van der Waals surface area contributed by atoms with Crippen molar-refractivity contribution in [2.24, 2.45) is 0 Å². The molecule has 0 fully saturated rings. The Morgan fingerprint density at radius 2 is 2.08 bits per heavy atom. The summed E-state index contributed by atoms with van der Waals surface area (Å²) in [5.41, 5.74) is 3.24. The molecule has 4 rings (SSSR count). The first-order valence-electron chi connectivity index (χ1n) is 7.94. The van der Waals surface area contributed by atoms with Crippen molar-refractivity contribution in [3.8, 4) is 5.75 Å². The summed E-state index contributed by atoms with van der Waals surface area (Å²) in [6.07, 6.45) is 2.90. The molecule has 3 heterocycles. The van der Waals surface area contributed by atoms with E-state index < -0.39 is 0 Å². The molecule has 1 aliphatic rings. The lowest BCUT2D eigenvalue weighted by molar-refractivity contribution is 0.414. The van der Waals surface area contributed by atoms with Gasteiger partial charge in [0.15, 0.2) is 0 Å². The van der Waals surface area contributed by atoms with Gasteiger partial charge in [0.2, 0.25) is 0 Å². The first-order valence-corrected chi connectivity index (χ1v) is 8.76. The number of aryl methyl sites for hydroxylation is 2. The van der Waals surface area contributed by atoms with E-state index in [-0.39, 0.29) is 5.56 Å². The predicted octanol–water partition coefficient (Wildman–Crippen LogP) is 4.03. The fraction of sp³-hybridized carbons (Fsp3) is 0.263. The minimum atomic E-state index is 0.0836. The zero-order chi connectivity index (χ0) is 16.8. The molecular weight excluding hydrogens is 320 g/mol. The summed E-state index contributed by atoms with van der Waals surface area (Å²) in [7, 11) is 1.67. The molecule has 1 aliphatic heterocycles. The summed E-state index contributed by atoms with van der Waals surface area (Å²) in [6, 6.07) is 7.90. The van der Waals surface area contributed by atoms with Crippen LogP contribution in [0.25, 0.3) is 21.9 Å². The standard InChI is InChI=1S/C19H18N2O2S/c1-11-12(2)24-18-16(11)19(22)21-9-8-14(17(21)20-18)10-13-6-4-5-7-15(13)23-3/h4-7,10H,8-9H2,1-3H3/b14-10-. The summed E-state index contributed by atoms with van der Waals surface area (Å²) in [5, 5.41) is 0.778. The molecule has 4 nitrogen and oxygen atoms in total. The van der Waals surface area contributed by atoms with Crippen LogP contribution in [0, 0.1) is 13.8 Å². The molecule has 0 atom stereocenters. The van der Waals surface area contributed by atoms with Crippen LogP contribution in [-0.4, -0.2) is 16.7 Å². The number of nitrogens with zero attached hydrogens (tertiary/aromatic N) is 2. The predicted molar refractivity (Wildman–Crippen MR) is 98.8 cm³/mol. The van der Waals surface area contributed by atoms with E-state index in [2.05, 4.69) is 6.08 Å². The van der Waals surface area contributed by atoms with Gasteiger partial charge in [-0.3, -0.25) is 9.36 Å². The van der Waals surface area contributed by atoms with E-state index in [4.69, 9.17) is 9.72 Å². The second kappa shape index (κ2) is 5.60. The molecule has 0 amide bonds. The quantitative estimate of drug-likeness (QED) is 0.709. The van der Waals surface area contributed by atoms with Crippen LogP contribution >= 0.6 is 11.3 Å². The molecule has 0 unspecified atom stereocenters. The van der Waals surface area contributed by atoms with Gasteiger partial charge in [-0.05, 0) is 43.5 Å². The monoisotopic (exact) mass is 338 g/mol. The van der Waals surface area contributed by atoms with Gasteiger partial charge < -0.3 is 4.74 Å². The highest BCUT2D eigenvalue weighted by Gasteiger charge is 2.23. The van der Waals surface area contributed by atoms with Crippen molar-refractivity contribution in [3.63, 3.8) is 0 Å². The van der Waals surface area contributed by atoms with Crippen LogP contribution in [-0.2, 0) is 6.54 Å². The Morgan fingerprint density at radius 1 is 1.29 bits per heavy atom. The third kappa shape index (κ3) is 2.19.